The molecule has 1 saturated carbocycles. The molecule has 2 heterocycles. The highest BCUT2D eigenvalue weighted by atomic mass is 127. The molecule has 2 atom stereocenters. The average Bonchev–Trinajstić information content (AvgIpc) is 3.48. The molecule has 2 aliphatic rings. The molecule has 2 N–H and O–H groups in total. The van der Waals surface area contributed by atoms with Crippen molar-refractivity contribution < 1.29 is 0 Å². The van der Waals surface area contributed by atoms with E-state index in [1.54, 1.807) is 0 Å². The largest absolute Gasteiger partial charge is 0.352 e. The first-order chi connectivity index (χ1) is 14.2. The van der Waals surface area contributed by atoms with Gasteiger partial charge in [-0.05, 0) is 37.8 Å². The number of guanidine groups is 1. The van der Waals surface area contributed by atoms with Crippen LogP contribution in [-0.4, -0.2) is 46.3 Å². The van der Waals surface area contributed by atoms with Crippen LogP contribution in [0.4, 0.5) is 0 Å². The van der Waals surface area contributed by atoms with Crippen molar-refractivity contribution in [2.45, 2.75) is 70.2 Å². The van der Waals surface area contributed by atoms with Crippen LogP contribution in [0.25, 0.3) is 0 Å². The SMILES string of the molecule is CN=C(NCc1ccn(C2CCCC2)n1)NC1CC(C)N(Cc2ccccc2)C1.I. The van der Waals surface area contributed by atoms with E-state index in [-0.39, 0.29) is 24.0 Å². The van der Waals surface area contributed by atoms with Crippen molar-refractivity contribution in [1.29, 1.82) is 0 Å². The van der Waals surface area contributed by atoms with Gasteiger partial charge in [0.25, 0.3) is 0 Å². The molecule has 0 radical (unpaired) electrons. The summed E-state index contributed by atoms with van der Waals surface area (Å²) in [5.41, 5.74) is 2.45. The second-order valence-corrected chi connectivity index (χ2v) is 8.49. The van der Waals surface area contributed by atoms with Crippen LogP contribution < -0.4 is 10.6 Å². The van der Waals surface area contributed by atoms with Gasteiger partial charge >= 0.3 is 0 Å². The monoisotopic (exact) mass is 522 g/mol. The number of benzene rings is 1. The first-order valence-corrected chi connectivity index (χ1v) is 11.0. The third kappa shape index (κ3) is 5.97. The molecule has 2 aromatic rings. The Kier molecular flexibility index (Phi) is 8.56. The predicted octanol–water partition coefficient (Wildman–Crippen LogP) is 3.94. The molecule has 7 heteroatoms. The Balaban J connectivity index is 0.00000256. The topological polar surface area (TPSA) is 57.5 Å². The molecule has 30 heavy (non-hydrogen) atoms. The number of rotatable bonds is 6. The summed E-state index contributed by atoms with van der Waals surface area (Å²) in [5, 5.41) is 11.8. The van der Waals surface area contributed by atoms with Crippen LogP contribution in [0.2, 0.25) is 0 Å². The Bertz CT molecular complexity index is 799. The molecular formula is C23H35IN6. The number of nitrogens with zero attached hydrogens (tertiary/aromatic N) is 4. The van der Waals surface area contributed by atoms with Crippen molar-refractivity contribution in [1.82, 2.24) is 25.3 Å². The fourth-order valence-electron chi connectivity index (χ4n) is 4.65. The molecule has 1 aromatic carbocycles. The van der Waals surface area contributed by atoms with E-state index in [0.29, 0.717) is 24.7 Å². The van der Waals surface area contributed by atoms with Gasteiger partial charge in [-0.2, -0.15) is 5.10 Å². The van der Waals surface area contributed by atoms with Gasteiger partial charge in [-0.15, -0.1) is 24.0 Å². The van der Waals surface area contributed by atoms with E-state index in [1.165, 1.54) is 31.2 Å². The minimum atomic E-state index is 0. The standard InChI is InChI=1S/C23H34N6.HI/c1-18-14-21(17-28(18)16-19-8-4-3-5-9-19)26-23(24-2)25-15-20-12-13-29(27-20)22-10-6-7-11-22;/h3-5,8-9,12-13,18,21-22H,6-7,10-11,14-17H2,1-2H3,(H2,24,25,26);1H. The van der Waals surface area contributed by atoms with Crippen LogP contribution >= 0.6 is 24.0 Å². The highest BCUT2D eigenvalue weighted by Crippen LogP contribution is 2.28. The van der Waals surface area contributed by atoms with Gasteiger partial charge in [0, 0.05) is 38.4 Å². The van der Waals surface area contributed by atoms with Crippen LogP contribution in [0.5, 0.6) is 0 Å². The molecule has 0 spiro atoms. The summed E-state index contributed by atoms with van der Waals surface area (Å²) < 4.78 is 2.15. The first-order valence-electron chi connectivity index (χ1n) is 11.0. The van der Waals surface area contributed by atoms with Crippen molar-refractivity contribution >= 4 is 29.9 Å². The highest BCUT2D eigenvalue weighted by molar-refractivity contribution is 14.0. The lowest BCUT2D eigenvalue weighted by atomic mass is 10.2. The van der Waals surface area contributed by atoms with E-state index >= 15 is 0 Å². The summed E-state index contributed by atoms with van der Waals surface area (Å²) >= 11 is 0. The zero-order valence-electron chi connectivity index (χ0n) is 18.1. The lowest BCUT2D eigenvalue weighted by Gasteiger charge is -2.21. The Morgan fingerprint density at radius 3 is 2.67 bits per heavy atom. The van der Waals surface area contributed by atoms with Gasteiger partial charge < -0.3 is 10.6 Å². The van der Waals surface area contributed by atoms with Crippen LogP contribution in [0.1, 0.15) is 56.3 Å². The van der Waals surface area contributed by atoms with Crippen molar-refractivity contribution in [3.05, 3.63) is 53.9 Å². The number of hydrogen-bond donors (Lipinski definition) is 2. The van der Waals surface area contributed by atoms with E-state index in [4.69, 9.17) is 5.10 Å². The van der Waals surface area contributed by atoms with Crippen LogP contribution in [-0.2, 0) is 13.1 Å². The maximum atomic E-state index is 4.76. The zero-order chi connectivity index (χ0) is 20.1. The van der Waals surface area contributed by atoms with Gasteiger partial charge in [0.2, 0.25) is 0 Å². The molecule has 6 nitrogen and oxygen atoms in total. The molecule has 1 saturated heterocycles. The van der Waals surface area contributed by atoms with Gasteiger partial charge in [0.05, 0.1) is 18.3 Å². The fraction of sp³-hybridized carbons (Fsp3) is 0.565. The lowest BCUT2D eigenvalue weighted by Crippen LogP contribution is -2.44. The summed E-state index contributed by atoms with van der Waals surface area (Å²) in [5.74, 6) is 0.860. The predicted molar refractivity (Wildman–Crippen MR) is 133 cm³/mol. The molecule has 1 aliphatic heterocycles. The van der Waals surface area contributed by atoms with Crippen molar-refractivity contribution in [2.75, 3.05) is 13.6 Å². The minimum absolute atomic E-state index is 0. The lowest BCUT2D eigenvalue weighted by molar-refractivity contribution is 0.258. The van der Waals surface area contributed by atoms with E-state index in [2.05, 4.69) is 74.7 Å². The summed E-state index contributed by atoms with van der Waals surface area (Å²) in [6.45, 7) is 5.06. The molecular weight excluding hydrogens is 487 g/mol. The number of halogens is 1. The van der Waals surface area contributed by atoms with Crippen LogP contribution in [0.15, 0.2) is 47.6 Å². The third-order valence-electron chi connectivity index (χ3n) is 6.30. The van der Waals surface area contributed by atoms with Crippen LogP contribution in [0, 0.1) is 0 Å². The van der Waals surface area contributed by atoms with E-state index in [1.807, 2.05) is 7.05 Å². The molecule has 0 amide bonds. The summed E-state index contributed by atoms with van der Waals surface area (Å²) in [4.78, 5) is 6.97. The Morgan fingerprint density at radius 1 is 1.17 bits per heavy atom. The van der Waals surface area contributed by atoms with Gasteiger partial charge in [-0.25, -0.2) is 0 Å². The Labute approximate surface area is 197 Å². The van der Waals surface area contributed by atoms with E-state index in [9.17, 15) is 0 Å². The smallest absolute Gasteiger partial charge is 0.191 e. The molecule has 2 unspecified atom stereocenters. The molecule has 1 aromatic heterocycles. The number of aliphatic imine (C=N–C) groups is 1. The Morgan fingerprint density at radius 2 is 1.93 bits per heavy atom. The maximum Gasteiger partial charge on any atom is 0.191 e. The first kappa shape index (κ1) is 23.1. The molecule has 164 valence electrons. The molecule has 4 rings (SSSR count). The zero-order valence-corrected chi connectivity index (χ0v) is 20.5. The second-order valence-electron chi connectivity index (χ2n) is 8.49. The summed E-state index contributed by atoms with van der Waals surface area (Å²) in [6, 6.07) is 14.4. The van der Waals surface area contributed by atoms with Gasteiger partial charge in [0.15, 0.2) is 5.96 Å². The van der Waals surface area contributed by atoms with E-state index in [0.717, 1.165) is 31.2 Å². The normalized spacial score (nSPS) is 22.8. The Hall–Kier alpha value is -1.61. The molecule has 0 bridgehead atoms. The van der Waals surface area contributed by atoms with Crippen molar-refractivity contribution in [2.24, 2.45) is 4.99 Å². The second kappa shape index (κ2) is 11.1. The molecule has 1 aliphatic carbocycles. The number of hydrogen-bond acceptors (Lipinski definition) is 3. The van der Waals surface area contributed by atoms with Crippen molar-refractivity contribution in [3.63, 3.8) is 0 Å². The van der Waals surface area contributed by atoms with Crippen molar-refractivity contribution in [3.8, 4) is 0 Å². The van der Waals surface area contributed by atoms with Gasteiger partial charge in [-0.3, -0.25) is 14.6 Å². The number of nitrogens with one attached hydrogen (secondary N) is 2. The summed E-state index contributed by atoms with van der Waals surface area (Å²) in [7, 11) is 1.84. The summed E-state index contributed by atoms with van der Waals surface area (Å²) in [6.07, 6.45) is 8.44. The number of aromatic nitrogens is 2. The minimum Gasteiger partial charge on any atom is -0.352 e. The average molecular weight is 522 g/mol. The quantitative estimate of drug-likeness (QED) is 0.343. The highest BCUT2D eigenvalue weighted by Gasteiger charge is 2.29. The van der Waals surface area contributed by atoms with Gasteiger partial charge in [-0.1, -0.05) is 43.2 Å². The number of likely N-dealkylation sites (tertiary alicyclic amines) is 1. The van der Waals surface area contributed by atoms with Crippen LogP contribution in [0.3, 0.4) is 0 Å². The molecule has 2 fully saturated rings. The van der Waals surface area contributed by atoms with E-state index < -0.39 is 0 Å². The fourth-order valence-corrected chi connectivity index (χ4v) is 4.65. The third-order valence-corrected chi connectivity index (χ3v) is 6.30. The maximum absolute atomic E-state index is 4.76. The van der Waals surface area contributed by atoms with Gasteiger partial charge in [0.1, 0.15) is 0 Å².